The number of ketones is 1. The summed E-state index contributed by atoms with van der Waals surface area (Å²) in [5.41, 5.74) is 0.697. The van der Waals surface area contributed by atoms with Crippen molar-refractivity contribution in [1.29, 1.82) is 0 Å². The third-order valence-corrected chi connectivity index (χ3v) is 3.83. The Morgan fingerprint density at radius 1 is 1.12 bits per heavy atom. The number of hydrogen-bond acceptors (Lipinski definition) is 4. The molecule has 4 nitrogen and oxygen atoms in total. The van der Waals surface area contributed by atoms with Crippen LogP contribution < -0.4 is 5.43 Å². The van der Waals surface area contributed by atoms with Crippen molar-refractivity contribution < 1.29 is 22.8 Å². The number of carbonyl (C=O) groups is 2. The Morgan fingerprint density at radius 3 is 2.33 bits per heavy atom. The van der Waals surface area contributed by atoms with Crippen LogP contribution in [-0.4, -0.2) is 23.6 Å². The van der Waals surface area contributed by atoms with Gasteiger partial charge >= 0.3 is 6.18 Å². The zero-order valence-corrected chi connectivity index (χ0v) is 13.5. The van der Waals surface area contributed by atoms with Gasteiger partial charge in [0.25, 0.3) is 5.91 Å². The summed E-state index contributed by atoms with van der Waals surface area (Å²) in [5.74, 6) is -1.57. The number of alkyl halides is 3. The molecule has 0 fully saturated rings. The Hall–Kier alpha value is -2.19. The fourth-order valence-electron chi connectivity index (χ4n) is 1.66. The van der Waals surface area contributed by atoms with Crippen molar-refractivity contribution in [3.8, 4) is 0 Å². The third kappa shape index (κ3) is 4.90. The fourth-order valence-corrected chi connectivity index (χ4v) is 2.45. The van der Waals surface area contributed by atoms with E-state index in [1.54, 1.807) is 5.38 Å². The molecule has 1 N–H and O–H groups in total. The van der Waals surface area contributed by atoms with Crippen LogP contribution in [0.2, 0.25) is 5.02 Å². The number of nitrogens with zero attached hydrogens (tertiary/aromatic N) is 1. The first-order valence-corrected chi connectivity index (χ1v) is 7.84. The molecule has 2 aromatic rings. The standard InChI is InChI=1S/C15H10ClF3N2O2S/c16-11-3-1-9(2-4-11)14(23)21-20-13(15(17,18)19)7-12(22)10-5-6-24-8-10/h1-6,8H,7H2,(H,21,23). The summed E-state index contributed by atoms with van der Waals surface area (Å²) in [6.45, 7) is 0. The van der Waals surface area contributed by atoms with Gasteiger partial charge in [0.2, 0.25) is 0 Å². The lowest BCUT2D eigenvalue weighted by Gasteiger charge is -2.10. The van der Waals surface area contributed by atoms with Gasteiger partial charge < -0.3 is 0 Å². The minimum atomic E-state index is -4.83. The van der Waals surface area contributed by atoms with Crippen LogP contribution in [0.15, 0.2) is 46.2 Å². The molecule has 126 valence electrons. The van der Waals surface area contributed by atoms with E-state index in [0.717, 1.165) is 0 Å². The second-order valence-corrected chi connectivity index (χ2v) is 5.83. The first-order chi connectivity index (χ1) is 11.3. The van der Waals surface area contributed by atoms with Crippen LogP contribution in [0, 0.1) is 0 Å². The summed E-state index contributed by atoms with van der Waals surface area (Å²) in [7, 11) is 0. The second kappa shape index (κ2) is 7.59. The number of amides is 1. The van der Waals surface area contributed by atoms with E-state index in [9.17, 15) is 22.8 Å². The van der Waals surface area contributed by atoms with E-state index in [-0.39, 0.29) is 11.1 Å². The number of thiophene rings is 1. The molecule has 1 aromatic carbocycles. The largest absolute Gasteiger partial charge is 0.431 e. The Bertz CT molecular complexity index is 756. The molecule has 0 saturated carbocycles. The van der Waals surface area contributed by atoms with Crippen molar-refractivity contribution in [3.05, 3.63) is 57.2 Å². The number of Topliss-reactive ketones (excluding diaryl/α,β-unsaturated/α-hetero) is 1. The average molecular weight is 375 g/mol. The molecular formula is C15H10ClF3N2O2S. The van der Waals surface area contributed by atoms with Crippen molar-refractivity contribution in [2.45, 2.75) is 12.6 Å². The van der Waals surface area contributed by atoms with Crippen LogP contribution in [0.5, 0.6) is 0 Å². The molecule has 0 aliphatic carbocycles. The van der Waals surface area contributed by atoms with Crippen LogP contribution >= 0.6 is 22.9 Å². The minimum Gasteiger partial charge on any atom is -0.294 e. The van der Waals surface area contributed by atoms with Gasteiger partial charge in [-0.3, -0.25) is 9.59 Å². The molecule has 0 aliphatic rings. The lowest BCUT2D eigenvalue weighted by Crippen LogP contribution is -2.30. The van der Waals surface area contributed by atoms with E-state index in [0.29, 0.717) is 5.02 Å². The molecular weight excluding hydrogens is 365 g/mol. The van der Waals surface area contributed by atoms with E-state index in [1.807, 2.05) is 5.43 Å². The van der Waals surface area contributed by atoms with E-state index >= 15 is 0 Å². The maximum absolute atomic E-state index is 13.0. The highest BCUT2D eigenvalue weighted by atomic mass is 35.5. The summed E-state index contributed by atoms with van der Waals surface area (Å²) >= 11 is 6.86. The first-order valence-electron chi connectivity index (χ1n) is 6.52. The summed E-state index contributed by atoms with van der Waals surface area (Å²) in [4.78, 5) is 23.6. The molecule has 1 amide bonds. The molecule has 9 heteroatoms. The summed E-state index contributed by atoms with van der Waals surface area (Å²) in [6.07, 6.45) is -5.79. The molecule has 2 rings (SSSR count). The lowest BCUT2D eigenvalue weighted by molar-refractivity contribution is -0.0605. The van der Waals surface area contributed by atoms with Crippen LogP contribution in [0.1, 0.15) is 27.1 Å². The fraction of sp³-hybridized carbons (Fsp3) is 0.133. The van der Waals surface area contributed by atoms with Gasteiger partial charge in [-0.2, -0.15) is 29.6 Å². The maximum atomic E-state index is 13.0. The number of halogens is 4. The van der Waals surface area contributed by atoms with Gasteiger partial charge in [-0.25, -0.2) is 5.43 Å². The van der Waals surface area contributed by atoms with E-state index in [2.05, 4.69) is 5.10 Å². The van der Waals surface area contributed by atoms with Crippen LogP contribution in [0.25, 0.3) is 0 Å². The van der Waals surface area contributed by atoms with Crippen molar-refractivity contribution in [2.75, 3.05) is 0 Å². The van der Waals surface area contributed by atoms with Gasteiger partial charge in [0.1, 0.15) is 5.71 Å². The van der Waals surface area contributed by atoms with Gasteiger partial charge in [0.15, 0.2) is 5.78 Å². The lowest BCUT2D eigenvalue weighted by atomic mass is 10.1. The van der Waals surface area contributed by atoms with Crippen LogP contribution in [0.4, 0.5) is 13.2 Å². The number of hydrogen-bond donors (Lipinski definition) is 1. The maximum Gasteiger partial charge on any atom is 0.431 e. The number of carbonyl (C=O) groups excluding carboxylic acids is 2. The Labute approximate surface area is 143 Å². The monoisotopic (exact) mass is 374 g/mol. The Kier molecular flexibility index (Phi) is 5.74. The molecule has 0 saturated heterocycles. The Balaban J connectivity index is 2.12. The van der Waals surface area contributed by atoms with Gasteiger partial charge in [-0.1, -0.05) is 11.6 Å². The SMILES string of the molecule is O=C(CC(=NNC(=O)c1ccc(Cl)cc1)C(F)(F)F)c1ccsc1. The van der Waals surface area contributed by atoms with Crippen molar-refractivity contribution in [1.82, 2.24) is 5.43 Å². The highest BCUT2D eigenvalue weighted by molar-refractivity contribution is 7.08. The molecule has 0 radical (unpaired) electrons. The Morgan fingerprint density at radius 2 is 1.79 bits per heavy atom. The topological polar surface area (TPSA) is 58.5 Å². The number of hydrazone groups is 1. The van der Waals surface area contributed by atoms with Gasteiger partial charge in [0, 0.05) is 21.5 Å². The number of benzene rings is 1. The highest BCUT2D eigenvalue weighted by Gasteiger charge is 2.37. The van der Waals surface area contributed by atoms with Crippen molar-refractivity contribution in [3.63, 3.8) is 0 Å². The van der Waals surface area contributed by atoms with Gasteiger partial charge in [-0.05, 0) is 35.7 Å². The molecule has 1 aromatic heterocycles. The zero-order chi connectivity index (χ0) is 17.7. The minimum absolute atomic E-state index is 0.0915. The predicted octanol–water partition coefficient (Wildman–Crippen LogP) is 4.32. The van der Waals surface area contributed by atoms with E-state index in [4.69, 9.17) is 11.6 Å². The number of rotatable bonds is 5. The summed E-state index contributed by atoms with van der Waals surface area (Å²) in [5, 5.41) is 6.50. The molecule has 0 unspecified atom stereocenters. The normalized spacial score (nSPS) is 12.1. The first kappa shape index (κ1) is 18.2. The van der Waals surface area contributed by atoms with Gasteiger partial charge in [-0.15, -0.1) is 0 Å². The van der Waals surface area contributed by atoms with E-state index in [1.165, 1.54) is 47.0 Å². The third-order valence-electron chi connectivity index (χ3n) is 2.90. The zero-order valence-electron chi connectivity index (χ0n) is 11.9. The molecule has 0 spiro atoms. The quantitative estimate of drug-likeness (QED) is 0.481. The molecule has 1 heterocycles. The van der Waals surface area contributed by atoms with Crippen molar-refractivity contribution >= 4 is 40.3 Å². The second-order valence-electron chi connectivity index (χ2n) is 4.62. The highest BCUT2D eigenvalue weighted by Crippen LogP contribution is 2.21. The molecule has 0 atom stereocenters. The van der Waals surface area contributed by atoms with Crippen LogP contribution in [-0.2, 0) is 0 Å². The summed E-state index contributed by atoms with van der Waals surface area (Å²) < 4.78 is 38.9. The predicted molar refractivity (Wildman–Crippen MR) is 85.7 cm³/mol. The number of nitrogens with one attached hydrogen (secondary N) is 1. The van der Waals surface area contributed by atoms with E-state index < -0.39 is 30.0 Å². The van der Waals surface area contributed by atoms with Crippen LogP contribution in [0.3, 0.4) is 0 Å². The smallest absolute Gasteiger partial charge is 0.294 e. The van der Waals surface area contributed by atoms with Gasteiger partial charge in [0.05, 0.1) is 6.42 Å². The summed E-state index contributed by atoms with van der Waals surface area (Å²) in [6, 6.07) is 6.96. The average Bonchev–Trinajstić information content (AvgIpc) is 3.05. The van der Waals surface area contributed by atoms with Crippen molar-refractivity contribution in [2.24, 2.45) is 5.10 Å². The molecule has 0 aliphatic heterocycles. The molecule has 24 heavy (non-hydrogen) atoms. The molecule has 0 bridgehead atoms.